The lowest BCUT2D eigenvalue weighted by Gasteiger charge is -2.32. The van der Waals surface area contributed by atoms with E-state index in [0.29, 0.717) is 18.0 Å². The number of hydrogen-bond donors (Lipinski definition) is 2. The molecule has 8 heteroatoms. The first kappa shape index (κ1) is 15.5. The van der Waals surface area contributed by atoms with E-state index in [1.54, 1.807) is 6.33 Å². The number of fused-ring (bicyclic) bond motifs is 1. The number of nitrogens with zero attached hydrogens (tertiary/aromatic N) is 5. The van der Waals surface area contributed by atoms with Gasteiger partial charge in [0.25, 0.3) is 0 Å². The molecule has 0 radical (unpaired) electrons. The lowest BCUT2D eigenvalue weighted by atomic mass is 9.97. The van der Waals surface area contributed by atoms with Crippen molar-refractivity contribution >= 4 is 28.7 Å². The van der Waals surface area contributed by atoms with Crippen molar-refractivity contribution in [2.24, 2.45) is 5.92 Å². The number of nitrogens with one attached hydrogen (secondary N) is 2. The minimum Gasteiger partial charge on any atom is -0.354 e. The number of imidazole rings is 1. The van der Waals surface area contributed by atoms with Gasteiger partial charge in [0, 0.05) is 18.8 Å². The van der Waals surface area contributed by atoms with Crippen molar-refractivity contribution in [3.05, 3.63) is 36.5 Å². The van der Waals surface area contributed by atoms with Gasteiger partial charge in [-0.25, -0.2) is 19.9 Å². The first-order valence-electron chi connectivity index (χ1n) is 8.34. The van der Waals surface area contributed by atoms with Crippen molar-refractivity contribution < 1.29 is 4.79 Å². The molecule has 4 heterocycles. The van der Waals surface area contributed by atoms with Crippen LogP contribution in [0.25, 0.3) is 11.2 Å². The molecule has 1 amide bonds. The third-order valence-electron chi connectivity index (χ3n) is 4.43. The standard InChI is InChI=1S/C17H19N7O/c1-11-4-2-6-13(22-11)23-17(25)12-5-3-7-24(8-12)16-14-15(19-9-18-14)20-10-21-16/h2,4,6,9-10,12H,3,5,7-8H2,1H3,(H,22,23,25)(H,18,19,20,21)/t12-/m1/s1. The number of aromatic nitrogens is 5. The molecule has 4 rings (SSSR count). The predicted molar refractivity (Wildman–Crippen MR) is 94.2 cm³/mol. The van der Waals surface area contributed by atoms with Crippen molar-refractivity contribution in [3.8, 4) is 0 Å². The van der Waals surface area contributed by atoms with Crippen molar-refractivity contribution in [2.45, 2.75) is 19.8 Å². The minimum atomic E-state index is -0.107. The second-order valence-electron chi connectivity index (χ2n) is 6.24. The molecule has 1 saturated heterocycles. The molecule has 1 aliphatic heterocycles. The van der Waals surface area contributed by atoms with E-state index in [1.807, 2.05) is 25.1 Å². The van der Waals surface area contributed by atoms with Crippen LogP contribution in [0.5, 0.6) is 0 Å². The Morgan fingerprint density at radius 2 is 2.24 bits per heavy atom. The monoisotopic (exact) mass is 337 g/mol. The Hall–Kier alpha value is -3.03. The summed E-state index contributed by atoms with van der Waals surface area (Å²) in [5, 5.41) is 2.93. The second kappa shape index (κ2) is 6.46. The van der Waals surface area contributed by atoms with E-state index >= 15 is 0 Å². The summed E-state index contributed by atoms with van der Waals surface area (Å²) in [6.07, 6.45) is 4.91. The number of piperidine rings is 1. The van der Waals surface area contributed by atoms with Gasteiger partial charge in [-0.05, 0) is 31.9 Å². The molecule has 8 nitrogen and oxygen atoms in total. The molecule has 0 unspecified atom stereocenters. The number of carbonyl (C=O) groups excluding carboxylic acids is 1. The topological polar surface area (TPSA) is 99.7 Å². The molecule has 1 aliphatic rings. The molecule has 0 saturated carbocycles. The van der Waals surface area contributed by atoms with Crippen LogP contribution in [0.1, 0.15) is 18.5 Å². The summed E-state index contributed by atoms with van der Waals surface area (Å²) in [5.41, 5.74) is 2.33. The second-order valence-corrected chi connectivity index (χ2v) is 6.24. The quantitative estimate of drug-likeness (QED) is 0.757. The number of carbonyl (C=O) groups is 1. The Balaban J connectivity index is 1.51. The number of aryl methyl sites for hydroxylation is 1. The zero-order valence-electron chi connectivity index (χ0n) is 13.9. The molecule has 0 aromatic carbocycles. The van der Waals surface area contributed by atoms with Gasteiger partial charge in [-0.1, -0.05) is 6.07 Å². The molecular weight excluding hydrogens is 318 g/mol. The summed E-state index contributed by atoms with van der Waals surface area (Å²) in [7, 11) is 0. The number of H-pyrrole nitrogens is 1. The molecule has 25 heavy (non-hydrogen) atoms. The van der Waals surface area contributed by atoms with E-state index in [9.17, 15) is 4.79 Å². The Morgan fingerprint density at radius 3 is 3.12 bits per heavy atom. The van der Waals surface area contributed by atoms with Crippen LogP contribution in [0.15, 0.2) is 30.9 Å². The highest BCUT2D eigenvalue weighted by atomic mass is 16.2. The summed E-state index contributed by atoms with van der Waals surface area (Å²) in [5.74, 6) is 1.29. The van der Waals surface area contributed by atoms with E-state index < -0.39 is 0 Å². The van der Waals surface area contributed by atoms with E-state index in [-0.39, 0.29) is 11.8 Å². The fourth-order valence-electron chi connectivity index (χ4n) is 3.22. The third kappa shape index (κ3) is 3.15. The molecule has 0 spiro atoms. The molecule has 0 aliphatic carbocycles. The maximum Gasteiger partial charge on any atom is 0.230 e. The summed E-state index contributed by atoms with van der Waals surface area (Å²) in [6, 6.07) is 5.60. The summed E-state index contributed by atoms with van der Waals surface area (Å²) >= 11 is 0. The number of hydrogen-bond acceptors (Lipinski definition) is 6. The van der Waals surface area contributed by atoms with E-state index in [1.165, 1.54) is 6.33 Å². The van der Waals surface area contributed by atoms with E-state index in [0.717, 1.165) is 36.4 Å². The van der Waals surface area contributed by atoms with Crippen LogP contribution in [-0.4, -0.2) is 43.9 Å². The minimum absolute atomic E-state index is 0.00212. The first-order valence-corrected chi connectivity index (χ1v) is 8.34. The van der Waals surface area contributed by atoms with Gasteiger partial charge in [-0.2, -0.15) is 0 Å². The lowest BCUT2D eigenvalue weighted by molar-refractivity contribution is -0.120. The average Bonchev–Trinajstić information content (AvgIpc) is 3.10. The Morgan fingerprint density at radius 1 is 1.32 bits per heavy atom. The Kier molecular flexibility index (Phi) is 4.01. The predicted octanol–water partition coefficient (Wildman–Crippen LogP) is 1.91. The molecule has 2 N–H and O–H groups in total. The molecule has 1 fully saturated rings. The van der Waals surface area contributed by atoms with Crippen molar-refractivity contribution in [1.29, 1.82) is 0 Å². The van der Waals surface area contributed by atoms with Crippen molar-refractivity contribution in [3.63, 3.8) is 0 Å². The Labute approximate surface area is 144 Å². The van der Waals surface area contributed by atoms with Crippen LogP contribution in [0.3, 0.4) is 0 Å². The van der Waals surface area contributed by atoms with Gasteiger partial charge in [-0.15, -0.1) is 0 Å². The number of rotatable bonds is 3. The largest absolute Gasteiger partial charge is 0.354 e. The van der Waals surface area contributed by atoms with Gasteiger partial charge in [0.1, 0.15) is 17.7 Å². The van der Waals surface area contributed by atoms with Crippen LogP contribution in [0, 0.1) is 12.8 Å². The highest BCUT2D eigenvalue weighted by Crippen LogP contribution is 2.26. The molecule has 128 valence electrons. The summed E-state index contributed by atoms with van der Waals surface area (Å²) in [6.45, 7) is 3.38. The maximum absolute atomic E-state index is 12.6. The number of pyridine rings is 1. The van der Waals surface area contributed by atoms with E-state index in [2.05, 4.69) is 35.1 Å². The fourth-order valence-corrected chi connectivity index (χ4v) is 3.22. The van der Waals surface area contributed by atoms with Crippen molar-refractivity contribution in [1.82, 2.24) is 24.9 Å². The molecule has 0 bridgehead atoms. The lowest BCUT2D eigenvalue weighted by Crippen LogP contribution is -2.41. The van der Waals surface area contributed by atoms with Crippen LogP contribution in [0.2, 0.25) is 0 Å². The Bertz CT molecular complexity index is 907. The SMILES string of the molecule is Cc1cccc(NC(=O)[C@@H]2CCCN(c3ncnc4nc[nH]c34)C2)n1. The van der Waals surface area contributed by atoms with Gasteiger partial charge >= 0.3 is 0 Å². The molecule has 3 aromatic rings. The van der Waals surface area contributed by atoms with Gasteiger partial charge < -0.3 is 15.2 Å². The van der Waals surface area contributed by atoms with Crippen LogP contribution in [-0.2, 0) is 4.79 Å². The zero-order valence-corrected chi connectivity index (χ0v) is 13.9. The van der Waals surface area contributed by atoms with Gasteiger partial charge in [0.15, 0.2) is 11.5 Å². The van der Waals surface area contributed by atoms with E-state index in [4.69, 9.17) is 0 Å². The highest BCUT2D eigenvalue weighted by Gasteiger charge is 2.28. The highest BCUT2D eigenvalue weighted by molar-refractivity contribution is 5.92. The summed E-state index contributed by atoms with van der Waals surface area (Å²) in [4.78, 5) is 34.9. The van der Waals surface area contributed by atoms with Crippen LogP contribution >= 0.6 is 0 Å². The molecule has 1 atom stereocenters. The summed E-state index contributed by atoms with van der Waals surface area (Å²) < 4.78 is 0. The number of aromatic amines is 1. The zero-order chi connectivity index (χ0) is 17.2. The maximum atomic E-state index is 12.6. The number of amides is 1. The molecular formula is C17H19N7O. The average molecular weight is 337 g/mol. The normalized spacial score (nSPS) is 17.6. The van der Waals surface area contributed by atoms with Crippen molar-refractivity contribution in [2.75, 3.05) is 23.3 Å². The van der Waals surface area contributed by atoms with Gasteiger partial charge in [0.05, 0.1) is 12.2 Å². The van der Waals surface area contributed by atoms with Crippen LogP contribution in [0.4, 0.5) is 11.6 Å². The smallest absolute Gasteiger partial charge is 0.230 e. The number of anilines is 2. The fraction of sp³-hybridized carbons (Fsp3) is 0.353. The molecule has 3 aromatic heterocycles. The first-order chi connectivity index (χ1) is 12.2. The van der Waals surface area contributed by atoms with Gasteiger partial charge in [-0.3, -0.25) is 4.79 Å². The third-order valence-corrected chi connectivity index (χ3v) is 4.43. The van der Waals surface area contributed by atoms with Crippen LogP contribution < -0.4 is 10.2 Å². The van der Waals surface area contributed by atoms with Gasteiger partial charge in [0.2, 0.25) is 5.91 Å².